The molecule has 100 valence electrons. The highest BCUT2D eigenvalue weighted by Gasteiger charge is 2.27. The summed E-state index contributed by atoms with van der Waals surface area (Å²) in [6.45, 7) is 3.60. The van der Waals surface area contributed by atoms with Crippen molar-refractivity contribution in [3.05, 3.63) is 29.3 Å². The van der Waals surface area contributed by atoms with E-state index in [1.54, 1.807) is 14.0 Å². The maximum absolute atomic E-state index is 10.9. The number of ether oxygens (including phenoxy) is 1. The second-order valence-corrected chi connectivity index (χ2v) is 4.72. The van der Waals surface area contributed by atoms with Crippen LogP contribution in [0.3, 0.4) is 0 Å². The van der Waals surface area contributed by atoms with Gasteiger partial charge in [0.15, 0.2) is 0 Å². The van der Waals surface area contributed by atoms with Gasteiger partial charge in [0.1, 0.15) is 11.3 Å². The minimum Gasteiger partial charge on any atom is -0.496 e. The largest absolute Gasteiger partial charge is 0.496 e. The number of hydrogen-bond acceptors (Lipinski definition) is 3. The zero-order valence-corrected chi connectivity index (χ0v) is 11.2. The first-order valence-electron chi connectivity index (χ1n) is 6.08. The van der Waals surface area contributed by atoms with Crippen LogP contribution in [0.15, 0.2) is 18.2 Å². The number of carboxylic acids is 1. The van der Waals surface area contributed by atoms with Crippen molar-refractivity contribution < 1.29 is 14.6 Å². The number of aliphatic carboxylic acids is 1. The van der Waals surface area contributed by atoms with Gasteiger partial charge in [-0.2, -0.15) is 0 Å². The predicted octanol–water partition coefficient (Wildman–Crippen LogP) is 1.99. The molecule has 18 heavy (non-hydrogen) atoms. The van der Waals surface area contributed by atoms with Gasteiger partial charge in [-0.05, 0) is 43.4 Å². The van der Waals surface area contributed by atoms with Crippen molar-refractivity contribution in [3.63, 3.8) is 0 Å². The number of carboxylic acid groups (broad SMARTS) is 1. The number of carbonyl (C=O) groups is 1. The minimum atomic E-state index is -1.17. The smallest absolute Gasteiger partial charge is 0.323 e. The first kappa shape index (κ1) is 14.5. The lowest BCUT2D eigenvalue weighted by Gasteiger charge is -2.19. The van der Waals surface area contributed by atoms with Crippen LogP contribution in [-0.2, 0) is 17.6 Å². The quantitative estimate of drug-likeness (QED) is 0.811. The molecule has 4 heteroatoms. The van der Waals surface area contributed by atoms with Gasteiger partial charge in [0.25, 0.3) is 0 Å². The maximum Gasteiger partial charge on any atom is 0.323 e. The molecular formula is C14H21NO3. The van der Waals surface area contributed by atoms with Gasteiger partial charge in [0.2, 0.25) is 0 Å². The molecule has 0 saturated heterocycles. The number of rotatable bonds is 6. The highest BCUT2D eigenvalue weighted by Crippen LogP contribution is 2.22. The van der Waals surface area contributed by atoms with Crippen LogP contribution in [0.2, 0.25) is 0 Å². The number of benzene rings is 1. The van der Waals surface area contributed by atoms with E-state index in [1.165, 1.54) is 0 Å². The molecule has 0 aliphatic carbocycles. The third-order valence-electron chi connectivity index (χ3n) is 3.15. The summed E-state index contributed by atoms with van der Waals surface area (Å²) in [6.07, 6.45) is 1.95. The van der Waals surface area contributed by atoms with Crippen molar-refractivity contribution in [2.75, 3.05) is 7.11 Å². The van der Waals surface area contributed by atoms with E-state index in [0.717, 1.165) is 23.3 Å². The molecule has 1 unspecified atom stereocenters. The Kier molecular flexibility index (Phi) is 4.73. The Morgan fingerprint density at radius 1 is 1.50 bits per heavy atom. The van der Waals surface area contributed by atoms with Crippen LogP contribution in [0.1, 0.15) is 31.4 Å². The second-order valence-electron chi connectivity index (χ2n) is 4.72. The summed E-state index contributed by atoms with van der Waals surface area (Å²) in [4.78, 5) is 10.9. The van der Waals surface area contributed by atoms with Gasteiger partial charge in [-0.3, -0.25) is 4.79 Å². The molecule has 1 atom stereocenters. The summed E-state index contributed by atoms with van der Waals surface area (Å²) in [7, 11) is 1.65. The molecular weight excluding hydrogens is 230 g/mol. The van der Waals surface area contributed by atoms with Crippen molar-refractivity contribution in [1.82, 2.24) is 0 Å². The van der Waals surface area contributed by atoms with E-state index in [0.29, 0.717) is 12.8 Å². The SMILES string of the molecule is CCc1cc(CCC(C)(N)C(=O)O)ccc1OC. The predicted molar refractivity (Wildman–Crippen MR) is 70.9 cm³/mol. The van der Waals surface area contributed by atoms with Crippen LogP contribution in [0.5, 0.6) is 5.75 Å². The maximum atomic E-state index is 10.9. The molecule has 0 saturated carbocycles. The van der Waals surface area contributed by atoms with Crippen molar-refractivity contribution in [2.45, 2.75) is 38.6 Å². The second kappa shape index (κ2) is 5.87. The Morgan fingerprint density at radius 2 is 2.17 bits per heavy atom. The normalized spacial score (nSPS) is 14.0. The van der Waals surface area contributed by atoms with Crippen LogP contribution < -0.4 is 10.5 Å². The summed E-state index contributed by atoms with van der Waals surface area (Å²) >= 11 is 0. The lowest BCUT2D eigenvalue weighted by atomic mass is 9.93. The standard InChI is InChI=1S/C14H21NO3/c1-4-11-9-10(5-6-12(11)18-3)7-8-14(2,15)13(16)17/h5-6,9H,4,7-8,15H2,1-3H3,(H,16,17). The lowest BCUT2D eigenvalue weighted by Crippen LogP contribution is -2.45. The molecule has 0 heterocycles. The molecule has 3 N–H and O–H groups in total. The van der Waals surface area contributed by atoms with Gasteiger partial charge in [-0.1, -0.05) is 19.1 Å². The van der Waals surface area contributed by atoms with Crippen molar-refractivity contribution >= 4 is 5.97 Å². The van der Waals surface area contributed by atoms with Crippen LogP contribution in [0.25, 0.3) is 0 Å². The fourth-order valence-corrected chi connectivity index (χ4v) is 1.77. The van der Waals surface area contributed by atoms with Crippen molar-refractivity contribution in [3.8, 4) is 5.75 Å². The van der Waals surface area contributed by atoms with E-state index in [9.17, 15) is 4.79 Å². The third-order valence-corrected chi connectivity index (χ3v) is 3.15. The molecule has 0 aliphatic heterocycles. The van der Waals surface area contributed by atoms with Crippen LogP contribution in [-0.4, -0.2) is 23.7 Å². The van der Waals surface area contributed by atoms with Gasteiger partial charge in [0.05, 0.1) is 7.11 Å². The molecule has 1 aromatic carbocycles. The van der Waals surface area contributed by atoms with E-state index in [4.69, 9.17) is 15.6 Å². The monoisotopic (exact) mass is 251 g/mol. The van der Waals surface area contributed by atoms with Crippen molar-refractivity contribution in [1.29, 1.82) is 0 Å². The number of nitrogens with two attached hydrogens (primary N) is 1. The van der Waals surface area contributed by atoms with Gasteiger partial charge >= 0.3 is 5.97 Å². The molecule has 0 aromatic heterocycles. The van der Waals surface area contributed by atoms with E-state index in [2.05, 4.69) is 13.0 Å². The van der Waals surface area contributed by atoms with Crippen LogP contribution >= 0.6 is 0 Å². The van der Waals surface area contributed by atoms with Crippen LogP contribution in [0.4, 0.5) is 0 Å². The molecule has 0 amide bonds. The first-order chi connectivity index (χ1) is 8.40. The van der Waals surface area contributed by atoms with E-state index < -0.39 is 11.5 Å². The highest BCUT2D eigenvalue weighted by atomic mass is 16.5. The van der Waals surface area contributed by atoms with Gasteiger partial charge < -0.3 is 15.6 Å². The average molecular weight is 251 g/mol. The number of aryl methyl sites for hydroxylation is 2. The Hall–Kier alpha value is -1.55. The molecule has 0 spiro atoms. The zero-order chi connectivity index (χ0) is 13.8. The Labute approximate surface area is 108 Å². The minimum absolute atomic E-state index is 0.415. The first-order valence-corrected chi connectivity index (χ1v) is 6.08. The Morgan fingerprint density at radius 3 is 2.67 bits per heavy atom. The summed E-state index contributed by atoms with van der Waals surface area (Å²) in [5.74, 6) is -0.0956. The van der Waals surface area contributed by atoms with E-state index >= 15 is 0 Å². The molecule has 4 nitrogen and oxygen atoms in total. The van der Waals surface area contributed by atoms with Gasteiger partial charge in [-0.25, -0.2) is 0 Å². The highest BCUT2D eigenvalue weighted by molar-refractivity contribution is 5.77. The van der Waals surface area contributed by atoms with Gasteiger partial charge in [0, 0.05) is 0 Å². The molecule has 0 fully saturated rings. The van der Waals surface area contributed by atoms with E-state index in [-0.39, 0.29) is 0 Å². The van der Waals surface area contributed by atoms with E-state index in [1.807, 2.05) is 12.1 Å². The number of hydrogen-bond donors (Lipinski definition) is 2. The third kappa shape index (κ3) is 3.47. The number of methoxy groups -OCH3 is 1. The fraction of sp³-hybridized carbons (Fsp3) is 0.500. The lowest BCUT2D eigenvalue weighted by molar-refractivity contribution is -0.142. The van der Waals surface area contributed by atoms with Crippen molar-refractivity contribution in [2.24, 2.45) is 5.73 Å². The van der Waals surface area contributed by atoms with Gasteiger partial charge in [-0.15, -0.1) is 0 Å². The Bertz CT molecular complexity index is 427. The average Bonchev–Trinajstić information content (AvgIpc) is 2.35. The molecule has 0 aliphatic rings. The van der Waals surface area contributed by atoms with Crippen LogP contribution in [0, 0.1) is 0 Å². The fourth-order valence-electron chi connectivity index (χ4n) is 1.77. The summed E-state index contributed by atoms with van der Waals surface area (Å²) in [5.41, 5.74) is 6.75. The summed E-state index contributed by atoms with van der Waals surface area (Å²) in [6, 6.07) is 5.93. The topological polar surface area (TPSA) is 72.6 Å². The molecule has 1 rings (SSSR count). The summed E-state index contributed by atoms with van der Waals surface area (Å²) in [5, 5.41) is 8.96. The molecule has 0 radical (unpaired) electrons. The zero-order valence-electron chi connectivity index (χ0n) is 11.2. The summed E-state index contributed by atoms with van der Waals surface area (Å²) < 4.78 is 5.26. The molecule has 0 bridgehead atoms. The Balaban J connectivity index is 2.77. The molecule has 1 aromatic rings.